The minimum Gasteiger partial charge on any atom is -0.450 e. The average Bonchev–Trinajstić information content (AvgIpc) is 2.37. The van der Waals surface area contributed by atoms with Crippen molar-refractivity contribution in [3.63, 3.8) is 0 Å². The van der Waals surface area contributed by atoms with E-state index in [1.165, 1.54) is 0 Å². The van der Waals surface area contributed by atoms with E-state index in [9.17, 15) is 4.79 Å². The van der Waals surface area contributed by atoms with Crippen LogP contribution in [-0.4, -0.2) is 42.7 Å². The third-order valence-corrected chi connectivity index (χ3v) is 5.42. The zero-order valence-electron chi connectivity index (χ0n) is 12.0. The summed E-state index contributed by atoms with van der Waals surface area (Å²) in [5.74, 6) is 0. The fourth-order valence-corrected chi connectivity index (χ4v) is 3.77. The van der Waals surface area contributed by atoms with E-state index >= 15 is 0 Å². The molecule has 0 rings (SSSR count). The molecule has 5 nitrogen and oxygen atoms in total. The van der Waals surface area contributed by atoms with E-state index in [1.807, 2.05) is 0 Å². The normalized spacial score (nSPS) is 12.5. The van der Waals surface area contributed by atoms with Gasteiger partial charge < -0.3 is 18.9 Å². The van der Waals surface area contributed by atoms with Crippen LogP contribution >= 0.6 is 0 Å². The first kappa shape index (κ1) is 17.4. The second kappa shape index (κ2) is 11.5. The van der Waals surface area contributed by atoms with Crippen LogP contribution in [-0.2, 0) is 13.6 Å². The number of hydrogen-bond acceptors (Lipinski definition) is 4. The van der Waals surface area contributed by atoms with Crippen molar-refractivity contribution in [3.05, 3.63) is 0 Å². The van der Waals surface area contributed by atoms with Gasteiger partial charge in [0, 0.05) is 20.8 Å². The number of nitrogens with one attached hydrogen (secondary N) is 1. The van der Waals surface area contributed by atoms with Crippen LogP contribution in [0.5, 0.6) is 0 Å². The van der Waals surface area contributed by atoms with Crippen molar-refractivity contribution in [1.82, 2.24) is 5.32 Å². The number of rotatable bonds is 10. The number of carbonyl (C=O) groups excluding carboxylic acids is 1. The molecule has 0 saturated carbocycles. The Morgan fingerprint density at radius 3 is 2.39 bits per heavy atom. The van der Waals surface area contributed by atoms with E-state index in [4.69, 9.17) is 13.6 Å². The Kier molecular flexibility index (Phi) is 11.1. The lowest BCUT2D eigenvalue weighted by Crippen LogP contribution is -2.27. The van der Waals surface area contributed by atoms with Crippen molar-refractivity contribution in [2.45, 2.75) is 45.1 Å². The Bertz CT molecular complexity index is 212. The van der Waals surface area contributed by atoms with E-state index in [0.29, 0.717) is 18.7 Å². The Balaban J connectivity index is 3.65. The molecule has 18 heavy (non-hydrogen) atoms. The van der Waals surface area contributed by atoms with Gasteiger partial charge in [-0.3, -0.25) is 0 Å². The van der Waals surface area contributed by atoms with Gasteiger partial charge in [-0.2, -0.15) is 0 Å². The fraction of sp³-hybridized carbons (Fsp3) is 0.917. The van der Waals surface area contributed by atoms with Gasteiger partial charge >= 0.3 is 15.4 Å². The maximum absolute atomic E-state index is 11.0. The highest BCUT2D eigenvalue weighted by molar-refractivity contribution is 6.46. The van der Waals surface area contributed by atoms with Gasteiger partial charge in [-0.15, -0.1) is 0 Å². The van der Waals surface area contributed by atoms with Crippen molar-refractivity contribution < 1.29 is 18.4 Å². The molecular formula is C12H27NO4Si. The van der Waals surface area contributed by atoms with Crippen molar-refractivity contribution in [2.24, 2.45) is 0 Å². The molecule has 108 valence electrons. The Hall–Kier alpha value is -0.593. The standard InChI is InChI=1S/C12H27NO4Si/c1-5-11(18(15-3)16-4)9-7-8-10-13-12(14)17-6-2/h11,18H,5-10H2,1-4H3,(H,13,14). The Morgan fingerprint density at radius 1 is 1.22 bits per heavy atom. The highest BCUT2D eigenvalue weighted by Gasteiger charge is 2.21. The monoisotopic (exact) mass is 277 g/mol. The predicted octanol–water partition coefficient (Wildman–Crippen LogP) is 2.20. The number of amides is 1. The first-order valence-corrected chi connectivity index (χ1v) is 8.26. The highest BCUT2D eigenvalue weighted by atomic mass is 28.3. The number of carbonyl (C=O) groups is 1. The summed E-state index contributed by atoms with van der Waals surface area (Å²) in [5, 5.41) is 2.72. The van der Waals surface area contributed by atoms with E-state index in [1.54, 1.807) is 21.1 Å². The Morgan fingerprint density at radius 2 is 1.89 bits per heavy atom. The van der Waals surface area contributed by atoms with E-state index < -0.39 is 9.28 Å². The van der Waals surface area contributed by atoms with E-state index in [0.717, 1.165) is 25.7 Å². The Labute approximate surface area is 112 Å². The molecule has 0 aliphatic rings. The fourth-order valence-electron chi connectivity index (χ4n) is 1.92. The topological polar surface area (TPSA) is 56.8 Å². The zero-order valence-corrected chi connectivity index (χ0v) is 13.2. The summed E-state index contributed by atoms with van der Waals surface area (Å²) in [5.41, 5.74) is 0.544. The van der Waals surface area contributed by atoms with Crippen molar-refractivity contribution in [1.29, 1.82) is 0 Å². The van der Waals surface area contributed by atoms with Crippen LogP contribution in [0.4, 0.5) is 4.79 Å². The van der Waals surface area contributed by atoms with Gasteiger partial charge in [-0.1, -0.05) is 19.8 Å². The first-order valence-electron chi connectivity index (χ1n) is 6.65. The molecule has 1 unspecified atom stereocenters. The number of unbranched alkanes of at least 4 members (excludes halogenated alkanes) is 1. The quantitative estimate of drug-likeness (QED) is 0.491. The maximum Gasteiger partial charge on any atom is 0.407 e. The summed E-state index contributed by atoms with van der Waals surface area (Å²) in [4.78, 5) is 11.0. The van der Waals surface area contributed by atoms with Gasteiger partial charge in [0.25, 0.3) is 0 Å². The predicted molar refractivity (Wildman–Crippen MR) is 74.1 cm³/mol. The van der Waals surface area contributed by atoms with E-state index in [-0.39, 0.29) is 6.09 Å². The molecule has 0 heterocycles. The van der Waals surface area contributed by atoms with Crippen LogP contribution in [0.15, 0.2) is 0 Å². The van der Waals surface area contributed by atoms with Gasteiger partial charge in [-0.25, -0.2) is 4.79 Å². The second-order valence-electron chi connectivity index (χ2n) is 4.15. The lowest BCUT2D eigenvalue weighted by atomic mass is 10.1. The summed E-state index contributed by atoms with van der Waals surface area (Å²) >= 11 is 0. The number of ether oxygens (including phenoxy) is 1. The summed E-state index contributed by atoms with van der Waals surface area (Å²) in [6.07, 6.45) is 3.89. The van der Waals surface area contributed by atoms with Crippen LogP contribution in [0.25, 0.3) is 0 Å². The van der Waals surface area contributed by atoms with Crippen LogP contribution in [0, 0.1) is 0 Å². The van der Waals surface area contributed by atoms with Crippen molar-refractivity contribution in [3.8, 4) is 0 Å². The smallest absolute Gasteiger partial charge is 0.407 e. The summed E-state index contributed by atoms with van der Waals surface area (Å²) < 4.78 is 15.6. The third-order valence-electron chi connectivity index (χ3n) is 2.92. The third kappa shape index (κ3) is 7.68. The minimum absolute atomic E-state index is 0.328. The van der Waals surface area contributed by atoms with Gasteiger partial charge in [0.15, 0.2) is 0 Å². The molecule has 1 amide bonds. The first-order chi connectivity index (χ1) is 8.69. The van der Waals surface area contributed by atoms with Crippen molar-refractivity contribution >= 4 is 15.4 Å². The maximum atomic E-state index is 11.0. The molecular weight excluding hydrogens is 250 g/mol. The van der Waals surface area contributed by atoms with Crippen LogP contribution in [0.2, 0.25) is 5.54 Å². The molecule has 6 heteroatoms. The van der Waals surface area contributed by atoms with Gasteiger partial charge in [-0.05, 0) is 25.3 Å². The molecule has 0 aromatic heterocycles. The molecule has 0 bridgehead atoms. The molecule has 0 radical (unpaired) electrons. The highest BCUT2D eigenvalue weighted by Crippen LogP contribution is 2.23. The zero-order chi connectivity index (χ0) is 13.8. The molecule has 1 N–H and O–H groups in total. The molecule has 0 aliphatic heterocycles. The van der Waals surface area contributed by atoms with Gasteiger partial charge in [0.2, 0.25) is 0 Å². The van der Waals surface area contributed by atoms with Crippen LogP contribution in [0.3, 0.4) is 0 Å². The number of alkyl carbamates (subject to hydrolysis) is 1. The molecule has 0 spiro atoms. The largest absolute Gasteiger partial charge is 0.450 e. The van der Waals surface area contributed by atoms with Crippen LogP contribution < -0.4 is 5.32 Å². The molecule has 0 fully saturated rings. The molecule has 0 saturated heterocycles. The lowest BCUT2D eigenvalue weighted by Gasteiger charge is -2.21. The summed E-state index contributed by atoms with van der Waals surface area (Å²) in [6.45, 7) is 5.05. The molecule has 0 aromatic carbocycles. The van der Waals surface area contributed by atoms with Gasteiger partial charge in [0.1, 0.15) is 0 Å². The summed E-state index contributed by atoms with van der Waals surface area (Å²) in [6, 6.07) is 0. The molecule has 0 aliphatic carbocycles. The van der Waals surface area contributed by atoms with Crippen molar-refractivity contribution in [2.75, 3.05) is 27.4 Å². The minimum atomic E-state index is -1.50. The SMILES string of the molecule is CCOC(=O)NCCCCC(CC)[SiH](OC)OC. The van der Waals surface area contributed by atoms with E-state index in [2.05, 4.69) is 12.2 Å². The lowest BCUT2D eigenvalue weighted by molar-refractivity contribution is 0.152. The molecule has 0 aromatic rings. The van der Waals surface area contributed by atoms with Gasteiger partial charge in [0.05, 0.1) is 6.61 Å². The molecule has 1 atom stereocenters. The summed E-state index contributed by atoms with van der Waals surface area (Å²) in [7, 11) is 1.95. The average molecular weight is 277 g/mol. The number of hydrogen-bond donors (Lipinski definition) is 1. The second-order valence-corrected chi connectivity index (χ2v) is 6.77. The van der Waals surface area contributed by atoms with Crippen LogP contribution in [0.1, 0.15) is 39.5 Å².